The third-order valence-electron chi connectivity index (χ3n) is 2.67. The minimum absolute atomic E-state index is 0.670. The average molecular weight is 248 g/mol. The first-order valence-electron chi connectivity index (χ1n) is 6.85. The van der Waals surface area contributed by atoms with Crippen LogP contribution in [0.1, 0.15) is 45.1 Å². The summed E-state index contributed by atoms with van der Waals surface area (Å²) in [6.45, 7) is 5.63. The van der Waals surface area contributed by atoms with Crippen LogP contribution in [0.2, 0.25) is 0 Å². The third kappa shape index (κ3) is 6.45. The zero-order valence-electron chi connectivity index (χ0n) is 11.5. The van der Waals surface area contributed by atoms with Crippen LogP contribution in [0.5, 0.6) is 5.75 Å². The van der Waals surface area contributed by atoms with Gasteiger partial charge in [0.25, 0.3) is 0 Å². The van der Waals surface area contributed by atoms with Crippen LogP contribution in [0, 0.1) is 0 Å². The Morgan fingerprint density at radius 2 is 1.83 bits per heavy atom. The van der Waals surface area contributed by atoms with Crippen molar-refractivity contribution in [2.24, 2.45) is 0 Å². The lowest BCUT2D eigenvalue weighted by Crippen LogP contribution is -1.91. The lowest BCUT2D eigenvalue weighted by Gasteiger charge is -2.03. The van der Waals surface area contributed by atoms with Gasteiger partial charge in [0.15, 0.2) is 0 Å². The molecular weight excluding hydrogens is 224 g/mol. The summed E-state index contributed by atoms with van der Waals surface area (Å²) in [6.07, 6.45) is 8.75. The van der Waals surface area contributed by atoms with Crippen molar-refractivity contribution < 1.29 is 9.47 Å². The van der Waals surface area contributed by atoms with Crippen molar-refractivity contribution in [2.75, 3.05) is 6.61 Å². The fourth-order valence-corrected chi connectivity index (χ4v) is 1.59. The molecule has 0 unspecified atom stereocenters. The van der Waals surface area contributed by atoms with Gasteiger partial charge in [-0.2, -0.15) is 0 Å². The third-order valence-corrected chi connectivity index (χ3v) is 2.67. The highest BCUT2D eigenvalue weighted by Crippen LogP contribution is 2.13. The molecule has 0 radical (unpaired) electrons. The Kier molecular flexibility index (Phi) is 7.98. The molecule has 1 aromatic carbocycles. The molecule has 0 heterocycles. The molecule has 2 nitrogen and oxygen atoms in total. The Balaban J connectivity index is 2.26. The molecule has 0 saturated heterocycles. The largest absolute Gasteiger partial charge is 0.465 e. The van der Waals surface area contributed by atoms with Crippen molar-refractivity contribution in [1.29, 1.82) is 0 Å². The molecule has 0 aliphatic rings. The molecule has 18 heavy (non-hydrogen) atoms. The minimum atomic E-state index is 0.670. The molecule has 0 fully saturated rings. The van der Waals surface area contributed by atoms with E-state index >= 15 is 0 Å². The van der Waals surface area contributed by atoms with Crippen molar-refractivity contribution in [3.8, 4) is 5.75 Å². The van der Waals surface area contributed by atoms with Gasteiger partial charge < -0.3 is 9.47 Å². The highest BCUT2D eigenvalue weighted by molar-refractivity contribution is 5.27. The Hall–Kier alpha value is -1.28. The van der Waals surface area contributed by atoms with Crippen molar-refractivity contribution in [2.45, 2.75) is 46.1 Å². The molecule has 0 amide bonds. The summed E-state index contributed by atoms with van der Waals surface area (Å²) in [4.78, 5) is 0. The Bertz CT molecular complexity index is 327. The van der Waals surface area contributed by atoms with E-state index in [9.17, 15) is 0 Å². The summed E-state index contributed by atoms with van der Waals surface area (Å²) in [7, 11) is 0. The van der Waals surface area contributed by atoms with E-state index in [4.69, 9.17) is 9.47 Å². The molecule has 0 N–H and O–H groups in total. The van der Waals surface area contributed by atoms with Crippen molar-refractivity contribution in [3.05, 3.63) is 42.2 Å². The van der Waals surface area contributed by atoms with E-state index in [1.807, 2.05) is 31.2 Å². The van der Waals surface area contributed by atoms with Gasteiger partial charge in [-0.3, -0.25) is 0 Å². The Morgan fingerprint density at radius 1 is 1.06 bits per heavy atom. The van der Waals surface area contributed by atoms with Crippen LogP contribution in [-0.2, 0) is 11.3 Å². The second-order valence-electron chi connectivity index (χ2n) is 4.27. The second kappa shape index (κ2) is 9.72. The molecule has 0 saturated carbocycles. The fraction of sp³-hybridized carbons (Fsp3) is 0.500. The van der Waals surface area contributed by atoms with E-state index < -0.39 is 0 Å². The van der Waals surface area contributed by atoms with Crippen LogP contribution in [0.4, 0.5) is 0 Å². The van der Waals surface area contributed by atoms with Gasteiger partial charge in [0.05, 0.1) is 12.9 Å². The molecule has 0 spiro atoms. The number of ether oxygens (including phenoxy) is 2. The molecule has 2 heteroatoms. The highest BCUT2D eigenvalue weighted by Gasteiger charge is 1.94. The van der Waals surface area contributed by atoms with Crippen LogP contribution in [0.3, 0.4) is 0 Å². The molecule has 1 aromatic rings. The summed E-state index contributed by atoms with van der Waals surface area (Å²) in [5.41, 5.74) is 1.18. The first kappa shape index (κ1) is 14.8. The van der Waals surface area contributed by atoms with E-state index in [0.717, 1.165) is 18.8 Å². The van der Waals surface area contributed by atoms with E-state index in [2.05, 4.69) is 13.0 Å². The molecule has 0 aliphatic heterocycles. The molecule has 100 valence electrons. The first-order valence-corrected chi connectivity index (χ1v) is 6.85. The zero-order chi connectivity index (χ0) is 13.1. The second-order valence-corrected chi connectivity index (χ2v) is 4.27. The van der Waals surface area contributed by atoms with Crippen molar-refractivity contribution in [3.63, 3.8) is 0 Å². The zero-order valence-corrected chi connectivity index (χ0v) is 11.5. The van der Waals surface area contributed by atoms with Gasteiger partial charge in [-0.1, -0.05) is 31.9 Å². The monoisotopic (exact) mass is 248 g/mol. The fourth-order valence-electron chi connectivity index (χ4n) is 1.59. The van der Waals surface area contributed by atoms with E-state index in [-0.39, 0.29) is 0 Å². The Labute approximate surface area is 111 Å². The topological polar surface area (TPSA) is 18.5 Å². The number of allylic oxidation sites excluding steroid dienone is 1. The Morgan fingerprint density at radius 3 is 2.50 bits per heavy atom. The van der Waals surface area contributed by atoms with Gasteiger partial charge in [-0.25, -0.2) is 0 Å². The number of benzene rings is 1. The van der Waals surface area contributed by atoms with Crippen molar-refractivity contribution in [1.82, 2.24) is 0 Å². The predicted molar refractivity (Wildman–Crippen MR) is 75.7 cm³/mol. The lowest BCUT2D eigenvalue weighted by atomic mass is 10.2. The molecule has 0 aromatic heterocycles. The van der Waals surface area contributed by atoms with Crippen LogP contribution < -0.4 is 4.74 Å². The number of unbranched alkanes of at least 4 members (excludes halogenated alkanes) is 3. The SMILES string of the molecule is CCCCC/C=C/Oc1ccc(COCC)cc1. The number of rotatable bonds is 9. The maximum absolute atomic E-state index is 5.52. The summed E-state index contributed by atoms with van der Waals surface area (Å²) in [5, 5.41) is 0. The molecular formula is C16H24O2. The van der Waals surface area contributed by atoms with Gasteiger partial charge in [-0.05, 0) is 43.5 Å². The van der Waals surface area contributed by atoms with Crippen LogP contribution in [0.15, 0.2) is 36.6 Å². The lowest BCUT2D eigenvalue weighted by molar-refractivity contribution is 0.134. The van der Waals surface area contributed by atoms with Crippen LogP contribution >= 0.6 is 0 Å². The number of hydrogen-bond acceptors (Lipinski definition) is 2. The standard InChI is InChI=1S/C16H24O2/c1-3-5-6-7-8-13-18-16-11-9-15(10-12-16)14-17-4-2/h8-13H,3-7,14H2,1-2H3/b13-8+. The summed E-state index contributed by atoms with van der Waals surface area (Å²) < 4.78 is 10.9. The quantitative estimate of drug-likeness (QED) is 0.466. The summed E-state index contributed by atoms with van der Waals surface area (Å²) >= 11 is 0. The highest BCUT2D eigenvalue weighted by atomic mass is 16.5. The van der Waals surface area contributed by atoms with E-state index in [1.165, 1.54) is 24.8 Å². The summed E-state index contributed by atoms with van der Waals surface area (Å²) in [5.74, 6) is 0.877. The van der Waals surface area contributed by atoms with E-state index in [0.29, 0.717) is 6.61 Å². The first-order chi connectivity index (χ1) is 8.86. The van der Waals surface area contributed by atoms with Gasteiger partial charge in [-0.15, -0.1) is 0 Å². The van der Waals surface area contributed by atoms with Crippen molar-refractivity contribution >= 4 is 0 Å². The molecule has 0 aliphatic carbocycles. The summed E-state index contributed by atoms with van der Waals surface area (Å²) in [6, 6.07) is 8.03. The van der Waals surface area contributed by atoms with Gasteiger partial charge in [0.2, 0.25) is 0 Å². The number of hydrogen-bond donors (Lipinski definition) is 0. The normalized spacial score (nSPS) is 11.0. The molecule has 1 rings (SSSR count). The van der Waals surface area contributed by atoms with Gasteiger partial charge in [0, 0.05) is 6.61 Å². The van der Waals surface area contributed by atoms with Gasteiger partial charge >= 0.3 is 0 Å². The van der Waals surface area contributed by atoms with Crippen LogP contribution in [0.25, 0.3) is 0 Å². The van der Waals surface area contributed by atoms with Crippen LogP contribution in [-0.4, -0.2) is 6.61 Å². The smallest absolute Gasteiger partial charge is 0.126 e. The predicted octanol–water partition coefficient (Wildman–Crippen LogP) is 4.70. The van der Waals surface area contributed by atoms with Gasteiger partial charge in [0.1, 0.15) is 5.75 Å². The minimum Gasteiger partial charge on any atom is -0.465 e. The maximum Gasteiger partial charge on any atom is 0.126 e. The molecule has 0 atom stereocenters. The van der Waals surface area contributed by atoms with E-state index in [1.54, 1.807) is 6.26 Å². The average Bonchev–Trinajstić information content (AvgIpc) is 2.42. The maximum atomic E-state index is 5.52. The molecule has 0 bridgehead atoms.